The predicted octanol–water partition coefficient (Wildman–Crippen LogP) is 5.71. The third-order valence-corrected chi connectivity index (χ3v) is 5.85. The molecular weight excluding hydrogens is 436 g/mol. The van der Waals surface area contributed by atoms with E-state index in [-0.39, 0.29) is 23.8 Å². The van der Waals surface area contributed by atoms with E-state index >= 15 is 0 Å². The van der Waals surface area contributed by atoms with Crippen molar-refractivity contribution in [1.29, 1.82) is 5.26 Å². The number of carbonyl (C=O) groups excluding carboxylic acids is 2. The summed E-state index contributed by atoms with van der Waals surface area (Å²) in [5, 5.41) is 9.08. The Kier molecular flexibility index (Phi) is 7.96. The lowest BCUT2D eigenvalue weighted by atomic mass is 10.0. The highest BCUT2D eigenvalue weighted by Gasteiger charge is 2.36. The van der Waals surface area contributed by atoms with Crippen LogP contribution in [-0.4, -0.2) is 28.7 Å². The van der Waals surface area contributed by atoms with Crippen LogP contribution in [0, 0.1) is 11.3 Å². The maximum atomic E-state index is 12.7. The molecule has 170 valence electrons. The van der Waals surface area contributed by atoms with Crippen molar-refractivity contribution in [2.75, 3.05) is 6.61 Å². The van der Waals surface area contributed by atoms with Crippen molar-refractivity contribution in [3.05, 3.63) is 76.2 Å². The first-order valence-electron chi connectivity index (χ1n) is 10.7. The number of carbonyl (C=O) groups is 2. The lowest BCUT2D eigenvalue weighted by molar-refractivity contribution is -0.123. The minimum atomic E-state index is -0.295. The molecule has 2 aromatic rings. The molecule has 6 nitrogen and oxygen atoms in total. The second-order valence-electron chi connectivity index (χ2n) is 7.64. The number of nitrogens with zero attached hydrogens (tertiary/aromatic N) is 2. The Balaban J connectivity index is 1.98. The zero-order valence-corrected chi connectivity index (χ0v) is 19.8. The number of imide groups is 1. The van der Waals surface area contributed by atoms with Gasteiger partial charge in [-0.05, 0) is 68.8 Å². The van der Waals surface area contributed by atoms with Gasteiger partial charge in [0.2, 0.25) is 0 Å². The van der Waals surface area contributed by atoms with Crippen LogP contribution in [0.1, 0.15) is 43.0 Å². The molecule has 0 N–H and O–H groups in total. The van der Waals surface area contributed by atoms with Crippen molar-refractivity contribution in [3.8, 4) is 17.6 Å². The maximum Gasteiger partial charge on any atom is 0.293 e. The van der Waals surface area contributed by atoms with E-state index in [9.17, 15) is 14.9 Å². The molecule has 2 aromatic carbocycles. The van der Waals surface area contributed by atoms with Gasteiger partial charge in [-0.2, -0.15) is 5.26 Å². The van der Waals surface area contributed by atoms with Crippen LogP contribution in [0.3, 0.4) is 0 Å². The summed E-state index contributed by atoms with van der Waals surface area (Å²) in [7, 11) is 0. The Morgan fingerprint density at radius 2 is 1.94 bits per heavy atom. The summed E-state index contributed by atoms with van der Waals surface area (Å²) >= 11 is 0.935. The smallest absolute Gasteiger partial charge is 0.293 e. The molecule has 2 amide bonds. The van der Waals surface area contributed by atoms with E-state index in [4.69, 9.17) is 9.47 Å². The molecule has 1 heterocycles. The van der Waals surface area contributed by atoms with Crippen molar-refractivity contribution in [2.24, 2.45) is 0 Å². The summed E-state index contributed by atoms with van der Waals surface area (Å²) < 4.78 is 12.0. The third kappa shape index (κ3) is 5.47. The number of ether oxygens (including phenoxy) is 2. The summed E-state index contributed by atoms with van der Waals surface area (Å²) in [6.07, 6.45) is 3.99. The van der Waals surface area contributed by atoms with Crippen molar-refractivity contribution >= 4 is 29.0 Å². The van der Waals surface area contributed by atoms with E-state index in [1.54, 1.807) is 24.3 Å². The number of rotatable bonds is 9. The second-order valence-corrected chi connectivity index (χ2v) is 8.63. The highest BCUT2D eigenvalue weighted by Crippen LogP contribution is 2.38. The quantitative estimate of drug-likeness (QED) is 0.351. The molecule has 3 rings (SSSR count). The lowest BCUT2D eigenvalue weighted by Gasteiger charge is -2.17. The monoisotopic (exact) mass is 462 g/mol. The Morgan fingerprint density at radius 1 is 1.18 bits per heavy atom. The first-order chi connectivity index (χ1) is 15.9. The third-order valence-electron chi connectivity index (χ3n) is 4.97. The number of nitriles is 1. The van der Waals surface area contributed by atoms with Gasteiger partial charge in [-0.25, -0.2) is 0 Å². The Hall–Kier alpha value is -3.50. The van der Waals surface area contributed by atoms with Gasteiger partial charge in [0, 0.05) is 17.2 Å². The lowest BCUT2D eigenvalue weighted by Crippen LogP contribution is -2.34. The topological polar surface area (TPSA) is 79.6 Å². The summed E-state index contributed by atoms with van der Waals surface area (Å²) in [6, 6.07) is 13.0. The number of thioether (sulfide) groups is 1. The first kappa shape index (κ1) is 24.1. The van der Waals surface area contributed by atoms with Gasteiger partial charge < -0.3 is 9.47 Å². The van der Waals surface area contributed by atoms with Crippen molar-refractivity contribution in [2.45, 2.75) is 39.8 Å². The van der Waals surface area contributed by atoms with Crippen LogP contribution in [0.25, 0.3) is 6.08 Å². The van der Waals surface area contributed by atoms with Gasteiger partial charge in [0.05, 0.1) is 23.1 Å². The molecule has 1 aliphatic rings. The number of allylic oxidation sites excluding steroid dienone is 1. The number of amides is 2. The normalized spacial score (nSPS) is 14.6. The molecule has 0 unspecified atom stereocenters. The molecule has 0 radical (unpaired) electrons. The van der Waals surface area contributed by atoms with Crippen LogP contribution in [0.15, 0.2) is 54.0 Å². The van der Waals surface area contributed by atoms with Gasteiger partial charge in [-0.3, -0.25) is 14.5 Å². The van der Waals surface area contributed by atoms with E-state index < -0.39 is 0 Å². The zero-order chi connectivity index (χ0) is 24.0. The van der Waals surface area contributed by atoms with Crippen molar-refractivity contribution in [3.63, 3.8) is 0 Å². The van der Waals surface area contributed by atoms with Gasteiger partial charge >= 0.3 is 0 Å². The largest absolute Gasteiger partial charge is 0.490 e. The average molecular weight is 463 g/mol. The molecule has 1 fully saturated rings. The van der Waals surface area contributed by atoms with E-state index in [0.717, 1.165) is 28.5 Å². The van der Waals surface area contributed by atoms with E-state index in [0.29, 0.717) is 35.0 Å². The Labute approximate surface area is 198 Å². The van der Waals surface area contributed by atoms with Gasteiger partial charge in [-0.1, -0.05) is 24.3 Å². The first-order valence-corrected chi connectivity index (χ1v) is 11.5. The molecule has 0 saturated carbocycles. The fraction of sp³-hybridized carbons (Fsp3) is 0.269. The fourth-order valence-electron chi connectivity index (χ4n) is 3.48. The highest BCUT2D eigenvalue weighted by atomic mass is 32.2. The maximum absolute atomic E-state index is 12.7. The molecule has 1 aliphatic heterocycles. The molecule has 0 bridgehead atoms. The van der Waals surface area contributed by atoms with Gasteiger partial charge in [0.1, 0.15) is 6.61 Å². The van der Waals surface area contributed by atoms with Gasteiger partial charge in [-0.15, -0.1) is 6.58 Å². The zero-order valence-electron chi connectivity index (χ0n) is 19.0. The molecule has 0 aromatic heterocycles. The van der Waals surface area contributed by atoms with Gasteiger partial charge in [0.25, 0.3) is 11.1 Å². The Morgan fingerprint density at radius 3 is 2.58 bits per heavy atom. The molecule has 0 aliphatic carbocycles. The number of hydrogen-bond donors (Lipinski definition) is 0. The van der Waals surface area contributed by atoms with Crippen LogP contribution in [-0.2, 0) is 17.8 Å². The van der Waals surface area contributed by atoms with Crippen molar-refractivity contribution < 1.29 is 19.1 Å². The standard InChI is InChI=1S/C26H26N2O4S/c1-5-9-19-12-18(14-23-25(29)28(17(3)4)26(30)33-23)13-22(31-6-2)24(19)32-16-21-11-8-7-10-20(21)15-27/h5,7-8,10-14,17H,1,6,9,16H2,2-4H3/b23-14+. The average Bonchev–Trinajstić information content (AvgIpc) is 3.06. The molecular formula is C26H26N2O4S. The SMILES string of the molecule is C=CCc1cc(/C=C2/SC(=O)N(C(C)C)C2=O)cc(OCC)c1OCc1ccccc1C#N. The fourth-order valence-corrected chi connectivity index (χ4v) is 4.44. The van der Waals surface area contributed by atoms with Crippen LogP contribution in [0.2, 0.25) is 0 Å². The molecule has 0 atom stereocenters. The second kappa shape index (κ2) is 10.9. The van der Waals surface area contributed by atoms with E-state index in [1.807, 2.05) is 45.0 Å². The summed E-state index contributed by atoms with van der Waals surface area (Å²) in [5.41, 5.74) is 2.89. The summed E-state index contributed by atoms with van der Waals surface area (Å²) in [6.45, 7) is 9.97. The van der Waals surface area contributed by atoms with Gasteiger partial charge in [0.15, 0.2) is 11.5 Å². The van der Waals surface area contributed by atoms with E-state index in [2.05, 4.69) is 12.6 Å². The summed E-state index contributed by atoms with van der Waals surface area (Å²) in [4.78, 5) is 26.6. The molecule has 0 spiro atoms. The van der Waals surface area contributed by atoms with Crippen LogP contribution in [0.5, 0.6) is 11.5 Å². The van der Waals surface area contributed by atoms with Crippen molar-refractivity contribution in [1.82, 2.24) is 4.90 Å². The number of benzene rings is 2. The van der Waals surface area contributed by atoms with E-state index in [1.165, 1.54) is 4.90 Å². The van der Waals surface area contributed by atoms with Crippen LogP contribution in [0.4, 0.5) is 4.79 Å². The molecule has 33 heavy (non-hydrogen) atoms. The molecule has 1 saturated heterocycles. The minimum absolute atomic E-state index is 0.203. The summed E-state index contributed by atoms with van der Waals surface area (Å²) in [5.74, 6) is 0.800. The van der Waals surface area contributed by atoms with Crippen LogP contribution >= 0.6 is 11.8 Å². The minimum Gasteiger partial charge on any atom is -0.490 e. The molecule has 7 heteroatoms. The predicted molar refractivity (Wildman–Crippen MR) is 130 cm³/mol. The van der Waals surface area contributed by atoms with Crippen LogP contribution < -0.4 is 9.47 Å². The number of hydrogen-bond acceptors (Lipinski definition) is 6. The highest BCUT2D eigenvalue weighted by molar-refractivity contribution is 8.18. The Bertz CT molecular complexity index is 1150.